The molecule has 1 rings (SSSR count). The second kappa shape index (κ2) is 4.64. The Morgan fingerprint density at radius 1 is 1.50 bits per heavy atom. The molecule has 0 aromatic carbocycles. The van der Waals surface area contributed by atoms with Crippen molar-refractivity contribution in [3.8, 4) is 11.9 Å². The van der Waals surface area contributed by atoms with E-state index in [0.717, 1.165) is 4.57 Å². The lowest BCUT2D eigenvalue weighted by atomic mass is 10.2. The van der Waals surface area contributed by atoms with Gasteiger partial charge in [-0.2, -0.15) is 5.26 Å². The molecule has 1 aromatic rings. The molecule has 0 spiro atoms. The fraction of sp³-hybridized carbons (Fsp3) is 0.273. The van der Waals surface area contributed by atoms with Gasteiger partial charge >= 0.3 is 0 Å². The van der Waals surface area contributed by atoms with Gasteiger partial charge in [-0.15, -0.1) is 0 Å². The molecular formula is C11H12N2O3. The summed E-state index contributed by atoms with van der Waals surface area (Å²) >= 11 is 0. The number of rotatable bonds is 3. The van der Waals surface area contributed by atoms with Crippen LogP contribution in [0.25, 0.3) is 13.2 Å². The molecule has 0 aliphatic heterocycles. The summed E-state index contributed by atoms with van der Waals surface area (Å²) in [6.45, 7) is 7.51. The summed E-state index contributed by atoms with van der Waals surface area (Å²) in [4.78, 5) is 11.7. The average molecular weight is 220 g/mol. The monoisotopic (exact) mass is 220 g/mol. The van der Waals surface area contributed by atoms with Gasteiger partial charge in [0.25, 0.3) is 5.56 Å². The van der Waals surface area contributed by atoms with Crippen molar-refractivity contribution in [1.29, 1.82) is 5.26 Å². The third kappa shape index (κ3) is 1.83. The maximum absolute atomic E-state index is 11.7. The van der Waals surface area contributed by atoms with Crippen LogP contribution in [0.3, 0.4) is 0 Å². The van der Waals surface area contributed by atoms with Crippen LogP contribution in [0, 0.1) is 11.3 Å². The Hall–Kier alpha value is -2.06. The van der Waals surface area contributed by atoms with Gasteiger partial charge in [-0.05, 0) is 0 Å². The molecule has 0 radical (unpaired) electrons. The molecule has 0 atom stereocenters. The van der Waals surface area contributed by atoms with Crippen LogP contribution in [0.1, 0.15) is 5.56 Å². The molecule has 1 heterocycles. The lowest BCUT2D eigenvalue weighted by Gasteiger charge is -2.09. The van der Waals surface area contributed by atoms with Gasteiger partial charge in [0.05, 0.1) is 13.2 Å². The van der Waals surface area contributed by atoms with Crippen LogP contribution >= 0.6 is 0 Å². The quantitative estimate of drug-likeness (QED) is 0.701. The van der Waals surface area contributed by atoms with Crippen molar-refractivity contribution in [3.63, 3.8) is 0 Å². The maximum atomic E-state index is 11.7. The fourth-order valence-electron chi connectivity index (χ4n) is 1.32. The Bertz CT molecular complexity index is 596. The Labute approximate surface area is 92.1 Å². The molecule has 5 heteroatoms. The Kier molecular flexibility index (Phi) is 3.48. The Balaban J connectivity index is 3.58. The highest BCUT2D eigenvalue weighted by Crippen LogP contribution is 2.07. The molecule has 16 heavy (non-hydrogen) atoms. The molecule has 1 aromatic heterocycles. The lowest BCUT2D eigenvalue weighted by molar-refractivity contribution is 0.182. The van der Waals surface area contributed by atoms with E-state index in [4.69, 9.17) is 10.00 Å². The van der Waals surface area contributed by atoms with Crippen molar-refractivity contribution < 1.29 is 9.84 Å². The van der Waals surface area contributed by atoms with Crippen LogP contribution in [-0.4, -0.2) is 23.4 Å². The van der Waals surface area contributed by atoms with E-state index < -0.39 is 5.56 Å². The van der Waals surface area contributed by atoms with Crippen molar-refractivity contribution in [1.82, 2.24) is 4.57 Å². The van der Waals surface area contributed by atoms with Crippen LogP contribution in [-0.2, 0) is 11.3 Å². The van der Waals surface area contributed by atoms with E-state index >= 15 is 0 Å². The number of nitriles is 1. The molecule has 0 saturated carbocycles. The molecule has 0 aliphatic carbocycles. The first kappa shape index (κ1) is 12.0. The third-order valence-electron chi connectivity index (χ3n) is 2.28. The summed E-state index contributed by atoms with van der Waals surface area (Å²) < 4.78 is 5.86. The standard InChI is InChI=1S/C11H12N2O3/c1-7-8(2)10(14)13(4-5-16-3)11(15)9(7)6-12/h15H,1-2,4-5H2,3H3. The lowest BCUT2D eigenvalue weighted by Crippen LogP contribution is -2.45. The summed E-state index contributed by atoms with van der Waals surface area (Å²) in [5.41, 5.74) is -0.487. The molecular weight excluding hydrogens is 208 g/mol. The average Bonchev–Trinajstić information content (AvgIpc) is 2.27. The Morgan fingerprint density at radius 2 is 2.12 bits per heavy atom. The van der Waals surface area contributed by atoms with Gasteiger partial charge in [-0.25, -0.2) is 0 Å². The van der Waals surface area contributed by atoms with Gasteiger partial charge in [-0.1, -0.05) is 13.2 Å². The fourth-order valence-corrected chi connectivity index (χ4v) is 1.32. The van der Waals surface area contributed by atoms with Crippen LogP contribution in [0.15, 0.2) is 4.79 Å². The first-order valence-corrected chi connectivity index (χ1v) is 4.57. The van der Waals surface area contributed by atoms with Crippen LogP contribution in [0.4, 0.5) is 0 Å². The first-order valence-electron chi connectivity index (χ1n) is 4.57. The van der Waals surface area contributed by atoms with Crippen LogP contribution in [0.2, 0.25) is 0 Å². The topological polar surface area (TPSA) is 75.2 Å². The summed E-state index contributed by atoms with van der Waals surface area (Å²) in [6, 6.07) is 1.80. The zero-order chi connectivity index (χ0) is 12.3. The Morgan fingerprint density at radius 3 is 2.62 bits per heavy atom. The molecule has 0 saturated heterocycles. The van der Waals surface area contributed by atoms with E-state index in [9.17, 15) is 9.90 Å². The van der Waals surface area contributed by atoms with Gasteiger partial charge in [0.2, 0.25) is 5.88 Å². The van der Waals surface area contributed by atoms with Gasteiger partial charge in [0.15, 0.2) is 0 Å². The smallest absolute Gasteiger partial charge is 0.260 e. The number of pyridine rings is 1. The van der Waals surface area contributed by atoms with E-state index in [1.54, 1.807) is 6.07 Å². The molecule has 0 amide bonds. The highest BCUT2D eigenvalue weighted by Gasteiger charge is 2.11. The highest BCUT2D eigenvalue weighted by molar-refractivity contribution is 5.41. The van der Waals surface area contributed by atoms with Gasteiger partial charge in [0.1, 0.15) is 11.6 Å². The normalized spacial score (nSPS) is 10.0. The second-order valence-corrected chi connectivity index (χ2v) is 3.22. The van der Waals surface area contributed by atoms with Crippen molar-refractivity contribution in [2.75, 3.05) is 13.7 Å². The molecule has 5 nitrogen and oxygen atoms in total. The van der Waals surface area contributed by atoms with Crippen LogP contribution < -0.4 is 16.0 Å². The zero-order valence-electron chi connectivity index (χ0n) is 8.99. The number of hydrogen-bond acceptors (Lipinski definition) is 4. The number of aromatic nitrogens is 1. The number of hydrogen-bond donors (Lipinski definition) is 1. The SMILES string of the molecule is C=c1c(C#N)c(O)n(CCOC)c(=O)c1=C. The largest absolute Gasteiger partial charge is 0.493 e. The predicted molar refractivity (Wildman–Crippen MR) is 59.3 cm³/mol. The van der Waals surface area contributed by atoms with Gasteiger partial charge < -0.3 is 9.84 Å². The molecule has 0 aliphatic rings. The maximum Gasteiger partial charge on any atom is 0.260 e. The summed E-state index contributed by atoms with van der Waals surface area (Å²) in [6.07, 6.45) is 0. The van der Waals surface area contributed by atoms with Crippen molar-refractivity contribution >= 4 is 13.2 Å². The van der Waals surface area contributed by atoms with E-state index in [1.165, 1.54) is 7.11 Å². The van der Waals surface area contributed by atoms with E-state index in [-0.39, 0.29) is 35.0 Å². The number of nitrogens with zero attached hydrogens (tertiary/aromatic N) is 2. The van der Waals surface area contributed by atoms with Crippen molar-refractivity contribution in [2.45, 2.75) is 6.54 Å². The summed E-state index contributed by atoms with van der Waals surface area (Å²) in [7, 11) is 1.48. The number of ether oxygens (including phenoxy) is 1. The number of aromatic hydroxyl groups is 1. The predicted octanol–water partition coefficient (Wildman–Crippen LogP) is -1.11. The van der Waals surface area contributed by atoms with E-state index in [2.05, 4.69) is 13.2 Å². The minimum Gasteiger partial charge on any atom is -0.493 e. The minimum absolute atomic E-state index is 0.0271. The number of methoxy groups -OCH3 is 1. The highest BCUT2D eigenvalue weighted by atomic mass is 16.5. The summed E-state index contributed by atoms with van der Waals surface area (Å²) in [5.74, 6) is -0.387. The van der Waals surface area contributed by atoms with Crippen LogP contribution in [0.5, 0.6) is 5.88 Å². The van der Waals surface area contributed by atoms with Gasteiger partial charge in [-0.3, -0.25) is 9.36 Å². The van der Waals surface area contributed by atoms with E-state index in [0.29, 0.717) is 0 Å². The molecule has 1 N–H and O–H groups in total. The third-order valence-corrected chi connectivity index (χ3v) is 2.28. The van der Waals surface area contributed by atoms with Crippen molar-refractivity contribution in [2.24, 2.45) is 0 Å². The molecule has 0 bridgehead atoms. The first-order chi connectivity index (χ1) is 7.54. The van der Waals surface area contributed by atoms with E-state index in [1.807, 2.05) is 0 Å². The minimum atomic E-state index is -0.460. The second-order valence-electron chi connectivity index (χ2n) is 3.22. The van der Waals surface area contributed by atoms with Crippen molar-refractivity contribution in [3.05, 3.63) is 26.4 Å². The zero-order valence-corrected chi connectivity index (χ0v) is 8.99. The molecule has 0 unspecified atom stereocenters. The molecule has 0 fully saturated rings. The summed E-state index contributed by atoms with van der Waals surface area (Å²) in [5, 5.41) is 18.8. The molecule has 84 valence electrons. The van der Waals surface area contributed by atoms with Gasteiger partial charge in [0, 0.05) is 17.5 Å².